The third-order valence-corrected chi connectivity index (χ3v) is 3.12. The molecule has 1 aromatic carbocycles. The van der Waals surface area contributed by atoms with Crippen LogP contribution in [0.2, 0.25) is 5.02 Å². The summed E-state index contributed by atoms with van der Waals surface area (Å²) in [7, 11) is 0. The third-order valence-electron chi connectivity index (χ3n) is 2.79. The van der Waals surface area contributed by atoms with E-state index in [1.54, 1.807) is 0 Å². The number of urea groups is 1. The van der Waals surface area contributed by atoms with Crippen molar-refractivity contribution in [2.45, 2.75) is 32.2 Å². The molecule has 0 fully saturated rings. The summed E-state index contributed by atoms with van der Waals surface area (Å²) >= 11 is 5.91. The Labute approximate surface area is 127 Å². The fourth-order valence-corrected chi connectivity index (χ4v) is 1.84. The molecular formula is C14H16ClN3O3. The van der Waals surface area contributed by atoms with Gasteiger partial charge in [0.05, 0.1) is 22.3 Å². The molecule has 1 atom stereocenters. The first-order valence-corrected chi connectivity index (χ1v) is 6.85. The van der Waals surface area contributed by atoms with Crippen LogP contribution in [0.25, 0.3) is 0 Å². The van der Waals surface area contributed by atoms with Gasteiger partial charge in [0.15, 0.2) is 0 Å². The van der Waals surface area contributed by atoms with Gasteiger partial charge in [0.2, 0.25) is 0 Å². The van der Waals surface area contributed by atoms with Crippen LogP contribution in [0.1, 0.15) is 31.7 Å². The zero-order valence-corrected chi connectivity index (χ0v) is 12.3. The predicted octanol–water partition coefficient (Wildman–Crippen LogP) is 2.98. The van der Waals surface area contributed by atoms with Crippen molar-refractivity contribution in [1.29, 1.82) is 5.26 Å². The van der Waals surface area contributed by atoms with Crippen molar-refractivity contribution in [3.8, 4) is 6.07 Å². The van der Waals surface area contributed by atoms with Gasteiger partial charge in [-0.25, -0.2) is 9.59 Å². The van der Waals surface area contributed by atoms with Crippen LogP contribution in [-0.4, -0.2) is 23.1 Å². The van der Waals surface area contributed by atoms with E-state index in [1.165, 1.54) is 18.2 Å². The normalized spacial score (nSPS) is 11.3. The first-order valence-electron chi connectivity index (χ1n) is 6.48. The summed E-state index contributed by atoms with van der Waals surface area (Å²) in [5.41, 5.74) is 0.600. The van der Waals surface area contributed by atoms with E-state index in [2.05, 4.69) is 10.6 Å². The zero-order valence-electron chi connectivity index (χ0n) is 11.5. The van der Waals surface area contributed by atoms with E-state index in [0.717, 1.165) is 6.42 Å². The fourth-order valence-electron chi connectivity index (χ4n) is 1.67. The van der Waals surface area contributed by atoms with Crippen LogP contribution in [0, 0.1) is 11.3 Å². The molecule has 1 rings (SSSR count). The molecule has 3 N–H and O–H groups in total. The van der Waals surface area contributed by atoms with Crippen molar-refractivity contribution in [1.82, 2.24) is 5.32 Å². The fraction of sp³-hybridized carbons (Fsp3) is 0.357. The zero-order chi connectivity index (χ0) is 15.8. The van der Waals surface area contributed by atoms with Gasteiger partial charge in [-0.2, -0.15) is 5.26 Å². The van der Waals surface area contributed by atoms with E-state index < -0.39 is 18.0 Å². The monoisotopic (exact) mass is 309 g/mol. The minimum absolute atomic E-state index is 0.257. The number of rotatable bonds is 6. The van der Waals surface area contributed by atoms with Crippen LogP contribution in [-0.2, 0) is 4.79 Å². The Morgan fingerprint density at radius 1 is 1.48 bits per heavy atom. The van der Waals surface area contributed by atoms with Crippen LogP contribution >= 0.6 is 11.6 Å². The largest absolute Gasteiger partial charge is 0.480 e. The number of nitrogens with one attached hydrogen (secondary N) is 2. The van der Waals surface area contributed by atoms with Crippen LogP contribution in [0.15, 0.2) is 18.2 Å². The summed E-state index contributed by atoms with van der Waals surface area (Å²) in [6, 6.07) is 4.73. The van der Waals surface area contributed by atoms with Crippen LogP contribution in [0.5, 0.6) is 0 Å². The van der Waals surface area contributed by atoms with Crippen molar-refractivity contribution in [3.63, 3.8) is 0 Å². The number of anilines is 1. The molecule has 7 heteroatoms. The molecule has 0 saturated heterocycles. The lowest BCUT2D eigenvalue weighted by Crippen LogP contribution is -2.43. The molecule has 0 aliphatic carbocycles. The van der Waals surface area contributed by atoms with Gasteiger partial charge in [-0.3, -0.25) is 0 Å². The highest BCUT2D eigenvalue weighted by molar-refractivity contribution is 6.33. The topological polar surface area (TPSA) is 102 Å². The predicted molar refractivity (Wildman–Crippen MR) is 79.3 cm³/mol. The second-order valence-corrected chi connectivity index (χ2v) is 4.85. The minimum Gasteiger partial charge on any atom is -0.480 e. The Balaban J connectivity index is 2.72. The molecule has 0 heterocycles. The van der Waals surface area contributed by atoms with Gasteiger partial charge in [-0.1, -0.05) is 31.4 Å². The average Bonchev–Trinajstić information content (AvgIpc) is 2.45. The maximum Gasteiger partial charge on any atom is 0.326 e. The summed E-state index contributed by atoms with van der Waals surface area (Å²) in [5.74, 6) is -1.09. The number of aliphatic carboxylic acids is 1. The Hall–Kier alpha value is -2.26. The number of amides is 2. The number of hydrogen-bond acceptors (Lipinski definition) is 3. The highest BCUT2D eigenvalue weighted by Crippen LogP contribution is 2.22. The number of nitrogens with zero attached hydrogens (tertiary/aromatic N) is 1. The summed E-state index contributed by atoms with van der Waals surface area (Å²) in [6.45, 7) is 1.94. The van der Waals surface area contributed by atoms with Crippen LogP contribution in [0.4, 0.5) is 10.5 Å². The van der Waals surface area contributed by atoms with E-state index in [1.807, 2.05) is 13.0 Å². The number of halogens is 1. The molecule has 0 aliphatic heterocycles. The molecule has 0 saturated carbocycles. The van der Waals surface area contributed by atoms with Gasteiger partial charge in [0, 0.05) is 0 Å². The summed E-state index contributed by atoms with van der Waals surface area (Å²) in [4.78, 5) is 22.9. The number of carboxylic acid groups (broad SMARTS) is 1. The van der Waals surface area contributed by atoms with Crippen LogP contribution in [0.3, 0.4) is 0 Å². The Morgan fingerprint density at radius 3 is 2.76 bits per heavy atom. The van der Waals surface area contributed by atoms with Crippen molar-refractivity contribution in [2.24, 2.45) is 0 Å². The van der Waals surface area contributed by atoms with Gasteiger partial charge >= 0.3 is 12.0 Å². The standard InChI is InChI=1S/C14H16ClN3O3/c1-2-3-4-11(13(19)20)17-14(21)18-12-7-9(8-16)5-6-10(12)15/h5-7,11H,2-4H2,1H3,(H,19,20)(H2,17,18,21)/t11-/m0/s1. The molecule has 6 nitrogen and oxygen atoms in total. The molecule has 2 amide bonds. The van der Waals surface area contributed by atoms with Gasteiger partial charge in [0.1, 0.15) is 6.04 Å². The van der Waals surface area contributed by atoms with E-state index in [0.29, 0.717) is 18.4 Å². The molecule has 0 radical (unpaired) electrons. The average molecular weight is 310 g/mol. The molecule has 0 unspecified atom stereocenters. The van der Waals surface area contributed by atoms with Gasteiger partial charge in [0.25, 0.3) is 0 Å². The molecule has 1 aromatic rings. The lowest BCUT2D eigenvalue weighted by atomic mass is 10.1. The number of carbonyl (C=O) groups excluding carboxylic acids is 1. The number of unbranched alkanes of at least 4 members (excludes halogenated alkanes) is 1. The van der Waals surface area contributed by atoms with E-state index in [4.69, 9.17) is 22.0 Å². The second-order valence-electron chi connectivity index (χ2n) is 4.44. The van der Waals surface area contributed by atoms with Gasteiger partial charge < -0.3 is 15.7 Å². The number of hydrogen-bond donors (Lipinski definition) is 3. The van der Waals surface area contributed by atoms with Crippen molar-refractivity contribution in [3.05, 3.63) is 28.8 Å². The Bertz CT molecular complexity index is 569. The lowest BCUT2D eigenvalue weighted by molar-refractivity contribution is -0.139. The van der Waals surface area contributed by atoms with E-state index >= 15 is 0 Å². The minimum atomic E-state index is -1.09. The Kier molecular flexibility index (Phi) is 6.50. The van der Waals surface area contributed by atoms with Gasteiger partial charge in [-0.05, 0) is 24.6 Å². The molecule has 0 bridgehead atoms. The Morgan fingerprint density at radius 2 is 2.19 bits per heavy atom. The summed E-state index contributed by atoms with van der Waals surface area (Å²) in [5, 5.41) is 22.9. The molecule has 0 aromatic heterocycles. The molecule has 0 spiro atoms. The van der Waals surface area contributed by atoms with Crippen molar-refractivity contribution < 1.29 is 14.7 Å². The van der Waals surface area contributed by atoms with Gasteiger partial charge in [-0.15, -0.1) is 0 Å². The third kappa shape index (κ3) is 5.32. The number of nitriles is 1. The molecular weight excluding hydrogens is 294 g/mol. The SMILES string of the molecule is CCCC[C@H](NC(=O)Nc1cc(C#N)ccc1Cl)C(=O)O. The van der Waals surface area contributed by atoms with Crippen molar-refractivity contribution in [2.75, 3.05) is 5.32 Å². The second kappa shape index (κ2) is 8.12. The summed E-state index contributed by atoms with van der Waals surface area (Å²) in [6.07, 6.45) is 1.89. The van der Waals surface area contributed by atoms with E-state index in [-0.39, 0.29) is 10.7 Å². The smallest absolute Gasteiger partial charge is 0.326 e. The first-order chi connectivity index (χ1) is 9.97. The molecule has 0 aliphatic rings. The maximum absolute atomic E-state index is 11.8. The van der Waals surface area contributed by atoms with Crippen LogP contribution < -0.4 is 10.6 Å². The van der Waals surface area contributed by atoms with E-state index in [9.17, 15) is 9.59 Å². The maximum atomic E-state index is 11.8. The number of benzene rings is 1. The first kappa shape index (κ1) is 16.8. The lowest BCUT2D eigenvalue weighted by Gasteiger charge is -2.15. The highest BCUT2D eigenvalue weighted by Gasteiger charge is 2.19. The summed E-state index contributed by atoms with van der Waals surface area (Å²) < 4.78 is 0. The molecule has 112 valence electrons. The number of carbonyl (C=O) groups is 2. The van der Waals surface area contributed by atoms with Crippen molar-refractivity contribution >= 4 is 29.3 Å². The quantitative estimate of drug-likeness (QED) is 0.751. The number of carboxylic acids is 1. The molecule has 21 heavy (non-hydrogen) atoms. The highest BCUT2D eigenvalue weighted by atomic mass is 35.5.